The lowest BCUT2D eigenvalue weighted by Gasteiger charge is -2.25. The Kier molecular flexibility index (Phi) is 11.2. The first-order valence-corrected chi connectivity index (χ1v) is 12.9. The molecule has 1 heterocycles. The number of aliphatic imine (C=N–C) groups is 1. The topological polar surface area (TPSA) is 119 Å². The molecule has 0 radical (unpaired) electrons. The van der Waals surface area contributed by atoms with Crippen LogP contribution in [0.2, 0.25) is 0 Å². The van der Waals surface area contributed by atoms with E-state index in [-0.39, 0.29) is 18.4 Å². The highest BCUT2D eigenvalue weighted by Gasteiger charge is 2.20. The number of nitrogens with zero attached hydrogens (tertiary/aromatic N) is 1. The van der Waals surface area contributed by atoms with Gasteiger partial charge in [0.25, 0.3) is 0 Å². The van der Waals surface area contributed by atoms with E-state index in [1.807, 2.05) is 0 Å². The van der Waals surface area contributed by atoms with Gasteiger partial charge in [-0.15, -0.1) is 12.3 Å². The van der Waals surface area contributed by atoms with Crippen molar-refractivity contribution in [2.24, 2.45) is 16.5 Å². The fraction of sp³-hybridized carbons (Fsp3) is 0.483. The van der Waals surface area contributed by atoms with Crippen molar-refractivity contribution in [3.05, 3.63) is 70.6 Å². The fourth-order valence-electron chi connectivity index (χ4n) is 4.53. The zero-order valence-electron chi connectivity index (χ0n) is 22.3. The number of amidine groups is 1. The maximum atomic E-state index is 6.68. The monoisotopic (exact) mass is 506 g/mol. The van der Waals surface area contributed by atoms with Gasteiger partial charge in [-0.2, -0.15) is 0 Å². The van der Waals surface area contributed by atoms with Crippen LogP contribution in [0.1, 0.15) is 49.3 Å². The first kappa shape index (κ1) is 28.5. The summed E-state index contributed by atoms with van der Waals surface area (Å²) in [7, 11) is 3.27. The average Bonchev–Trinajstić information content (AvgIpc) is 3.43. The Hall–Kier alpha value is -3.09. The summed E-state index contributed by atoms with van der Waals surface area (Å²) in [6.07, 6.45) is 13.6. The van der Waals surface area contributed by atoms with Crippen molar-refractivity contribution in [1.29, 1.82) is 0 Å². The SMILES string of the molecule is C#CCCNCC(C)N/C(CC(OC)OC)=C(\N)C1=CCC(c2ccc(C3CN=C(CN)N3)cc2)C=C1. The van der Waals surface area contributed by atoms with Crippen molar-refractivity contribution in [2.75, 3.05) is 40.4 Å². The van der Waals surface area contributed by atoms with E-state index >= 15 is 0 Å². The minimum atomic E-state index is -0.386. The summed E-state index contributed by atoms with van der Waals surface area (Å²) in [4.78, 5) is 4.45. The highest BCUT2D eigenvalue weighted by atomic mass is 16.7. The minimum absolute atomic E-state index is 0.154. The number of nitrogens with one attached hydrogen (secondary N) is 3. The van der Waals surface area contributed by atoms with E-state index in [0.717, 1.165) is 43.2 Å². The molecule has 200 valence electrons. The quantitative estimate of drug-likeness (QED) is 0.149. The predicted molar refractivity (Wildman–Crippen MR) is 151 cm³/mol. The van der Waals surface area contributed by atoms with E-state index in [1.54, 1.807) is 14.2 Å². The number of nitrogens with two attached hydrogens (primary N) is 2. The van der Waals surface area contributed by atoms with E-state index in [2.05, 4.69) is 76.3 Å². The minimum Gasteiger partial charge on any atom is -0.397 e. The summed E-state index contributed by atoms with van der Waals surface area (Å²) >= 11 is 0. The highest BCUT2D eigenvalue weighted by molar-refractivity contribution is 5.85. The van der Waals surface area contributed by atoms with Crippen molar-refractivity contribution in [3.8, 4) is 12.3 Å². The Morgan fingerprint density at radius 3 is 2.57 bits per heavy atom. The number of hydrogen-bond acceptors (Lipinski definition) is 8. The van der Waals surface area contributed by atoms with Crippen LogP contribution in [0.3, 0.4) is 0 Å². The molecule has 0 saturated carbocycles. The van der Waals surface area contributed by atoms with Crippen molar-refractivity contribution in [1.82, 2.24) is 16.0 Å². The van der Waals surface area contributed by atoms with Gasteiger partial charge in [-0.3, -0.25) is 4.99 Å². The van der Waals surface area contributed by atoms with Crippen molar-refractivity contribution in [2.45, 2.75) is 50.5 Å². The molecule has 7 N–H and O–H groups in total. The van der Waals surface area contributed by atoms with Gasteiger partial charge in [-0.1, -0.05) is 42.5 Å². The Balaban J connectivity index is 1.66. The largest absolute Gasteiger partial charge is 0.397 e. The second kappa shape index (κ2) is 14.6. The Labute approximate surface area is 221 Å². The molecule has 0 spiro atoms. The third-order valence-corrected chi connectivity index (χ3v) is 6.72. The lowest BCUT2D eigenvalue weighted by molar-refractivity contribution is -0.101. The van der Waals surface area contributed by atoms with Gasteiger partial charge in [-0.25, -0.2) is 0 Å². The lowest BCUT2D eigenvalue weighted by Crippen LogP contribution is -2.38. The van der Waals surface area contributed by atoms with Gasteiger partial charge in [0.1, 0.15) is 5.84 Å². The van der Waals surface area contributed by atoms with Crippen molar-refractivity contribution >= 4 is 5.84 Å². The number of rotatable bonds is 14. The molecule has 0 fully saturated rings. The molecule has 3 rings (SSSR count). The van der Waals surface area contributed by atoms with Gasteiger partial charge in [-0.05, 0) is 30.0 Å². The molecule has 0 aromatic heterocycles. The van der Waals surface area contributed by atoms with E-state index in [0.29, 0.717) is 31.0 Å². The molecule has 3 atom stereocenters. The normalized spacial score (nSPS) is 20.5. The number of hydrogen-bond donors (Lipinski definition) is 5. The molecule has 2 aliphatic rings. The Morgan fingerprint density at radius 2 is 1.97 bits per heavy atom. The van der Waals surface area contributed by atoms with Gasteiger partial charge >= 0.3 is 0 Å². The lowest BCUT2D eigenvalue weighted by atomic mass is 9.88. The third-order valence-electron chi connectivity index (χ3n) is 6.72. The number of terminal acetylenes is 1. The van der Waals surface area contributed by atoms with Gasteiger partial charge in [0, 0.05) is 57.8 Å². The standard InChI is InChI=1S/C29H42N6O2/c1-5-6-15-32-18-20(2)34-25(16-28(36-3)37-4)29(31)24-13-9-22(10-14-24)21-7-11-23(12-8-21)26-19-33-27(17-30)35-26/h1,7-9,11-14,20,22,26,28,32,34H,6,10,15-19,30-31H2,2-4H3,(H,33,35)/b29-25-. The smallest absolute Gasteiger partial charge is 0.162 e. The van der Waals surface area contributed by atoms with Crippen LogP contribution in [-0.4, -0.2) is 58.6 Å². The van der Waals surface area contributed by atoms with E-state index < -0.39 is 0 Å². The van der Waals surface area contributed by atoms with E-state index in [1.165, 1.54) is 11.1 Å². The first-order valence-electron chi connectivity index (χ1n) is 12.9. The molecule has 0 saturated heterocycles. The predicted octanol–water partition coefficient (Wildman–Crippen LogP) is 2.43. The van der Waals surface area contributed by atoms with Gasteiger partial charge in [0.2, 0.25) is 0 Å². The summed E-state index contributed by atoms with van der Waals surface area (Å²) in [6.45, 7) is 4.85. The van der Waals surface area contributed by atoms with Crippen LogP contribution in [0, 0.1) is 12.3 Å². The maximum absolute atomic E-state index is 6.68. The summed E-state index contributed by atoms with van der Waals surface area (Å²) in [5.74, 6) is 3.83. The molecule has 1 aromatic carbocycles. The number of ether oxygens (including phenoxy) is 2. The molecule has 8 heteroatoms. The number of benzene rings is 1. The zero-order valence-corrected chi connectivity index (χ0v) is 22.3. The van der Waals surface area contributed by atoms with Gasteiger partial charge < -0.3 is 36.9 Å². The molecule has 8 nitrogen and oxygen atoms in total. The summed E-state index contributed by atoms with van der Waals surface area (Å²) < 4.78 is 10.9. The van der Waals surface area contributed by atoms with Crippen LogP contribution in [-0.2, 0) is 9.47 Å². The van der Waals surface area contributed by atoms with Crippen LogP contribution in [0.15, 0.2) is 64.5 Å². The van der Waals surface area contributed by atoms with Crippen LogP contribution >= 0.6 is 0 Å². The van der Waals surface area contributed by atoms with Crippen LogP contribution in [0.25, 0.3) is 0 Å². The van der Waals surface area contributed by atoms with Crippen LogP contribution in [0.5, 0.6) is 0 Å². The first-order chi connectivity index (χ1) is 18.0. The Morgan fingerprint density at radius 1 is 1.24 bits per heavy atom. The summed E-state index contributed by atoms with van der Waals surface area (Å²) in [5, 5.41) is 10.3. The Bertz CT molecular complexity index is 1030. The molecule has 1 aliphatic heterocycles. The van der Waals surface area contributed by atoms with Gasteiger partial charge in [0.05, 0.1) is 24.8 Å². The second-order valence-electron chi connectivity index (χ2n) is 9.42. The zero-order chi connectivity index (χ0) is 26.6. The average molecular weight is 507 g/mol. The second-order valence-corrected chi connectivity index (χ2v) is 9.42. The molecule has 1 aromatic rings. The maximum Gasteiger partial charge on any atom is 0.162 e. The molecule has 3 unspecified atom stereocenters. The van der Waals surface area contributed by atoms with E-state index in [4.69, 9.17) is 27.4 Å². The summed E-state index contributed by atoms with van der Waals surface area (Å²) in [5.41, 5.74) is 17.5. The number of allylic oxidation sites excluding steroid dienone is 3. The number of methoxy groups -OCH3 is 2. The van der Waals surface area contributed by atoms with Crippen LogP contribution < -0.4 is 27.4 Å². The van der Waals surface area contributed by atoms with Crippen molar-refractivity contribution < 1.29 is 9.47 Å². The van der Waals surface area contributed by atoms with Crippen LogP contribution in [0.4, 0.5) is 0 Å². The highest BCUT2D eigenvalue weighted by Crippen LogP contribution is 2.30. The molecular formula is C29H42N6O2. The van der Waals surface area contributed by atoms with Gasteiger partial charge in [0.15, 0.2) is 6.29 Å². The molecule has 0 bridgehead atoms. The third kappa shape index (κ3) is 8.20. The summed E-state index contributed by atoms with van der Waals surface area (Å²) in [6, 6.07) is 9.12. The van der Waals surface area contributed by atoms with Crippen molar-refractivity contribution in [3.63, 3.8) is 0 Å². The molecule has 0 amide bonds. The molecular weight excluding hydrogens is 464 g/mol. The van der Waals surface area contributed by atoms with E-state index in [9.17, 15) is 0 Å². The molecule has 1 aliphatic carbocycles. The fourth-order valence-corrected chi connectivity index (χ4v) is 4.53. The molecule has 37 heavy (non-hydrogen) atoms.